The van der Waals surface area contributed by atoms with Crippen molar-refractivity contribution in [1.82, 2.24) is 5.32 Å². The van der Waals surface area contributed by atoms with Gasteiger partial charge in [0.15, 0.2) is 0 Å². The second-order valence-corrected chi connectivity index (χ2v) is 6.84. The summed E-state index contributed by atoms with van der Waals surface area (Å²) >= 11 is 0. The number of ether oxygens (including phenoxy) is 1. The molecule has 0 saturated heterocycles. The fourth-order valence-electron chi connectivity index (χ4n) is 2.84. The third-order valence-corrected chi connectivity index (χ3v) is 4.57. The summed E-state index contributed by atoms with van der Waals surface area (Å²) in [4.78, 5) is 11.6. The van der Waals surface area contributed by atoms with Gasteiger partial charge in [-0.2, -0.15) is 0 Å². The molecule has 0 aliphatic heterocycles. The zero-order chi connectivity index (χ0) is 17.9. The van der Waals surface area contributed by atoms with E-state index in [0.717, 1.165) is 12.8 Å². The normalized spacial score (nSPS) is 12.3. The Morgan fingerprint density at radius 2 is 1.33 bits per heavy atom. The minimum Gasteiger partial charge on any atom is -0.394 e. The van der Waals surface area contributed by atoms with Gasteiger partial charge in [0.25, 0.3) is 0 Å². The lowest BCUT2D eigenvalue weighted by molar-refractivity contribution is -0.121. The van der Waals surface area contributed by atoms with Gasteiger partial charge in [-0.15, -0.1) is 0 Å². The van der Waals surface area contributed by atoms with Crippen LogP contribution in [0.3, 0.4) is 0 Å². The molecule has 4 heteroatoms. The number of carbonyl (C=O) groups is 1. The molecule has 0 aromatic carbocycles. The van der Waals surface area contributed by atoms with Crippen LogP contribution in [-0.2, 0) is 9.53 Å². The quantitative estimate of drug-likeness (QED) is 0.358. The maximum Gasteiger partial charge on any atom is 0.220 e. The van der Waals surface area contributed by atoms with Gasteiger partial charge in [0.2, 0.25) is 5.91 Å². The molecule has 2 N–H and O–H groups in total. The first-order valence-corrected chi connectivity index (χ1v) is 10.1. The molecule has 0 radical (unpaired) electrons. The van der Waals surface area contributed by atoms with Crippen LogP contribution in [0.4, 0.5) is 0 Å². The molecular formula is C20H41NO3. The van der Waals surface area contributed by atoms with Crippen LogP contribution in [0.1, 0.15) is 96.8 Å². The lowest BCUT2D eigenvalue weighted by atomic mass is 10.0. The predicted octanol–water partition coefficient (Wildman–Crippen LogP) is 4.59. The summed E-state index contributed by atoms with van der Waals surface area (Å²) in [6, 6.07) is 0. The summed E-state index contributed by atoms with van der Waals surface area (Å²) in [6.45, 7) is 2.60. The zero-order valence-electron chi connectivity index (χ0n) is 16.2. The molecule has 0 fully saturated rings. The van der Waals surface area contributed by atoms with Gasteiger partial charge < -0.3 is 15.2 Å². The van der Waals surface area contributed by atoms with Gasteiger partial charge in [-0.1, -0.05) is 84.0 Å². The van der Waals surface area contributed by atoms with Gasteiger partial charge in [0.1, 0.15) is 0 Å². The summed E-state index contributed by atoms with van der Waals surface area (Å²) in [5.41, 5.74) is 0. The standard InChI is InChI=1S/C20H41NO3/c1-3-4-5-6-7-8-9-10-11-12-13-14-15-16-20(23)21-17-19(18-22)24-2/h19,22H,3-18H2,1-2H3,(H,21,23)/t19-/m1/s1. The van der Waals surface area contributed by atoms with Crippen LogP contribution in [0.2, 0.25) is 0 Å². The van der Waals surface area contributed by atoms with Crippen molar-refractivity contribution in [2.45, 2.75) is 103 Å². The number of nitrogens with one attached hydrogen (secondary N) is 1. The summed E-state index contributed by atoms with van der Waals surface area (Å²) in [7, 11) is 1.54. The Bertz CT molecular complexity index is 268. The number of unbranched alkanes of at least 4 members (excludes halogenated alkanes) is 12. The topological polar surface area (TPSA) is 58.6 Å². The first-order valence-electron chi connectivity index (χ1n) is 10.1. The highest BCUT2D eigenvalue weighted by atomic mass is 16.5. The van der Waals surface area contributed by atoms with Crippen LogP contribution in [0.5, 0.6) is 0 Å². The van der Waals surface area contributed by atoms with Crippen LogP contribution in [0.25, 0.3) is 0 Å². The fraction of sp³-hybridized carbons (Fsp3) is 0.950. The van der Waals surface area contributed by atoms with E-state index >= 15 is 0 Å². The number of aliphatic hydroxyl groups is 1. The molecule has 24 heavy (non-hydrogen) atoms. The number of methoxy groups -OCH3 is 1. The predicted molar refractivity (Wildman–Crippen MR) is 101 cm³/mol. The molecule has 0 aliphatic rings. The molecule has 0 spiro atoms. The summed E-state index contributed by atoms with van der Waals surface area (Å²) in [5, 5.41) is 11.8. The SMILES string of the molecule is CCCCCCCCCCCCCCCC(=O)NC[C@H](CO)OC. The van der Waals surface area contributed by atoms with Crippen LogP contribution < -0.4 is 5.32 Å². The molecule has 0 saturated carbocycles. The van der Waals surface area contributed by atoms with Gasteiger partial charge in [0.05, 0.1) is 12.7 Å². The maximum absolute atomic E-state index is 11.6. The second-order valence-electron chi connectivity index (χ2n) is 6.84. The van der Waals surface area contributed by atoms with Crippen LogP contribution in [-0.4, -0.2) is 37.4 Å². The monoisotopic (exact) mass is 343 g/mol. The van der Waals surface area contributed by atoms with Crippen LogP contribution in [0, 0.1) is 0 Å². The van der Waals surface area contributed by atoms with Gasteiger partial charge >= 0.3 is 0 Å². The molecule has 4 nitrogen and oxygen atoms in total. The summed E-state index contributed by atoms with van der Waals surface area (Å²) < 4.78 is 5.01. The molecule has 0 aromatic heterocycles. The third-order valence-electron chi connectivity index (χ3n) is 4.57. The van der Waals surface area contributed by atoms with E-state index in [0.29, 0.717) is 13.0 Å². The molecule has 0 heterocycles. The van der Waals surface area contributed by atoms with E-state index in [4.69, 9.17) is 9.84 Å². The van der Waals surface area contributed by atoms with E-state index in [1.54, 1.807) is 7.11 Å². The summed E-state index contributed by atoms with van der Waals surface area (Å²) in [6.07, 6.45) is 17.4. The van der Waals surface area contributed by atoms with E-state index in [9.17, 15) is 4.79 Å². The molecule has 0 unspecified atom stereocenters. The third kappa shape index (κ3) is 16.3. The van der Waals surface area contributed by atoms with Crippen molar-refractivity contribution in [2.75, 3.05) is 20.3 Å². The first kappa shape index (κ1) is 23.4. The first-order chi connectivity index (χ1) is 11.7. The van der Waals surface area contributed by atoms with Gasteiger partial charge in [-0.3, -0.25) is 4.79 Å². The maximum atomic E-state index is 11.6. The van der Waals surface area contributed by atoms with Gasteiger partial charge in [-0.25, -0.2) is 0 Å². The number of rotatable bonds is 18. The number of aliphatic hydroxyl groups excluding tert-OH is 1. The number of hydrogen-bond acceptors (Lipinski definition) is 3. The molecule has 1 amide bonds. The molecule has 1 atom stereocenters. The van der Waals surface area contributed by atoms with Crippen LogP contribution in [0.15, 0.2) is 0 Å². The smallest absolute Gasteiger partial charge is 0.220 e. The Labute approximate surface area is 149 Å². The number of amides is 1. The van der Waals surface area contributed by atoms with Crippen molar-refractivity contribution in [3.63, 3.8) is 0 Å². The second kappa shape index (κ2) is 18.7. The lowest BCUT2D eigenvalue weighted by Crippen LogP contribution is -2.34. The minimum atomic E-state index is -0.291. The zero-order valence-corrected chi connectivity index (χ0v) is 16.2. The van der Waals surface area contributed by atoms with Gasteiger partial charge in [-0.05, 0) is 6.42 Å². The average molecular weight is 344 g/mol. The number of hydrogen-bond donors (Lipinski definition) is 2. The highest BCUT2D eigenvalue weighted by Gasteiger charge is 2.07. The molecule has 0 bridgehead atoms. The number of carbonyl (C=O) groups excluding carboxylic acids is 1. The van der Waals surface area contributed by atoms with Crippen molar-refractivity contribution in [1.29, 1.82) is 0 Å². The molecule has 0 aliphatic carbocycles. The van der Waals surface area contributed by atoms with E-state index in [1.807, 2.05) is 0 Å². The molecule has 0 aromatic rings. The summed E-state index contributed by atoms with van der Waals surface area (Å²) in [5.74, 6) is 0.0635. The molecule has 0 rings (SSSR count). The lowest BCUT2D eigenvalue weighted by Gasteiger charge is -2.12. The minimum absolute atomic E-state index is 0.0600. The Morgan fingerprint density at radius 3 is 1.75 bits per heavy atom. The van der Waals surface area contributed by atoms with Gasteiger partial charge in [0, 0.05) is 20.1 Å². The van der Waals surface area contributed by atoms with Crippen molar-refractivity contribution in [2.24, 2.45) is 0 Å². The highest BCUT2D eigenvalue weighted by Crippen LogP contribution is 2.12. The van der Waals surface area contributed by atoms with E-state index < -0.39 is 0 Å². The van der Waals surface area contributed by atoms with Crippen LogP contribution >= 0.6 is 0 Å². The Hall–Kier alpha value is -0.610. The van der Waals surface area contributed by atoms with Crippen molar-refractivity contribution >= 4 is 5.91 Å². The average Bonchev–Trinajstić information content (AvgIpc) is 2.60. The van der Waals surface area contributed by atoms with Crippen molar-refractivity contribution in [3.05, 3.63) is 0 Å². The highest BCUT2D eigenvalue weighted by molar-refractivity contribution is 5.75. The molecule has 144 valence electrons. The Balaban J connectivity index is 3.20. The van der Waals surface area contributed by atoms with E-state index in [-0.39, 0.29) is 18.6 Å². The van der Waals surface area contributed by atoms with E-state index in [2.05, 4.69) is 12.2 Å². The Morgan fingerprint density at radius 1 is 0.875 bits per heavy atom. The van der Waals surface area contributed by atoms with Crippen molar-refractivity contribution in [3.8, 4) is 0 Å². The van der Waals surface area contributed by atoms with E-state index in [1.165, 1.54) is 70.6 Å². The van der Waals surface area contributed by atoms with Crippen molar-refractivity contribution < 1.29 is 14.6 Å². The molecular weight excluding hydrogens is 302 g/mol. The largest absolute Gasteiger partial charge is 0.394 e. The Kier molecular flexibility index (Phi) is 18.2. The fourth-order valence-corrected chi connectivity index (χ4v) is 2.84.